The normalized spacial score (nSPS) is 22.6. The lowest BCUT2D eigenvalue weighted by atomic mass is 10.0. The molecule has 0 amide bonds. The first-order chi connectivity index (χ1) is 9.35. The van der Waals surface area contributed by atoms with Crippen molar-refractivity contribution in [3.05, 3.63) is 29.8 Å². The van der Waals surface area contributed by atoms with Gasteiger partial charge in [0.05, 0.1) is 12.6 Å². The van der Waals surface area contributed by atoms with E-state index in [-0.39, 0.29) is 0 Å². The van der Waals surface area contributed by atoms with E-state index in [1.54, 1.807) is 0 Å². The number of unbranched alkanes of at least 4 members (excludes halogenated alkanes) is 1. The van der Waals surface area contributed by atoms with E-state index in [9.17, 15) is 0 Å². The molecule has 1 fully saturated rings. The third-order valence-electron chi connectivity index (χ3n) is 3.48. The van der Waals surface area contributed by atoms with Gasteiger partial charge in [-0.1, -0.05) is 31.5 Å². The van der Waals surface area contributed by atoms with Crippen LogP contribution in [0.15, 0.2) is 24.3 Å². The van der Waals surface area contributed by atoms with Crippen LogP contribution in [0.2, 0.25) is 0 Å². The van der Waals surface area contributed by atoms with Gasteiger partial charge >= 0.3 is 0 Å². The molecule has 3 N–H and O–H groups in total. The van der Waals surface area contributed by atoms with Gasteiger partial charge in [0.1, 0.15) is 5.75 Å². The molecule has 1 saturated heterocycles. The van der Waals surface area contributed by atoms with Gasteiger partial charge in [-0.2, -0.15) is 0 Å². The van der Waals surface area contributed by atoms with Crippen molar-refractivity contribution in [3.63, 3.8) is 0 Å². The highest BCUT2D eigenvalue weighted by Gasteiger charge is 2.26. The van der Waals surface area contributed by atoms with Gasteiger partial charge in [0.2, 0.25) is 0 Å². The van der Waals surface area contributed by atoms with Gasteiger partial charge in [0.15, 0.2) is 0 Å². The highest BCUT2D eigenvalue weighted by molar-refractivity contribution is 5.36. The summed E-state index contributed by atoms with van der Waals surface area (Å²) >= 11 is 0. The third kappa shape index (κ3) is 3.93. The molecule has 0 radical (unpaired) electrons. The highest BCUT2D eigenvalue weighted by atomic mass is 16.5. The van der Waals surface area contributed by atoms with Crippen molar-refractivity contribution < 1.29 is 4.74 Å². The lowest BCUT2D eigenvalue weighted by Crippen LogP contribution is -2.36. The van der Waals surface area contributed by atoms with E-state index < -0.39 is 0 Å². The molecule has 0 bridgehead atoms. The molecule has 1 aliphatic heterocycles. The average Bonchev–Trinajstić information content (AvgIpc) is 2.89. The summed E-state index contributed by atoms with van der Waals surface area (Å²) in [6, 6.07) is 9.14. The van der Waals surface area contributed by atoms with Crippen molar-refractivity contribution in [3.8, 4) is 5.75 Å². The number of ether oxygens (including phenoxy) is 1. The van der Waals surface area contributed by atoms with E-state index >= 15 is 0 Å². The van der Waals surface area contributed by atoms with E-state index in [0.29, 0.717) is 12.1 Å². The molecule has 0 aliphatic carbocycles. The van der Waals surface area contributed by atoms with Crippen LogP contribution >= 0.6 is 0 Å². The number of rotatable bonds is 7. The predicted octanol–water partition coefficient (Wildman–Crippen LogP) is 1.99. The van der Waals surface area contributed by atoms with Crippen molar-refractivity contribution in [2.24, 2.45) is 0 Å². The summed E-state index contributed by atoms with van der Waals surface area (Å²) in [5.74, 6) is 1.01. The van der Waals surface area contributed by atoms with Gasteiger partial charge in [-0.15, -0.1) is 0 Å². The molecule has 4 nitrogen and oxygen atoms in total. The second kappa shape index (κ2) is 7.48. The number of hydrazine groups is 1. The SMILES string of the molecule is CCCCOc1ccccc1C1CC(CNC)NN1. The minimum Gasteiger partial charge on any atom is -0.493 e. The Morgan fingerprint density at radius 3 is 2.95 bits per heavy atom. The van der Waals surface area contributed by atoms with E-state index in [1.807, 2.05) is 13.1 Å². The Labute approximate surface area is 115 Å². The zero-order valence-corrected chi connectivity index (χ0v) is 11.9. The molecular weight excluding hydrogens is 238 g/mol. The minimum absolute atomic E-state index is 0.330. The van der Waals surface area contributed by atoms with E-state index in [2.05, 4.69) is 41.3 Å². The fourth-order valence-electron chi connectivity index (χ4n) is 2.43. The highest BCUT2D eigenvalue weighted by Crippen LogP contribution is 2.30. The molecule has 4 heteroatoms. The second-order valence-corrected chi connectivity index (χ2v) is 5.07. The third-order valence-corrected chi connectivity index (χ3v) is 3.48. The van der Waals surface area contributed by atoms with Crippen LogP contribution < -0.4 is 20.9 Å². The maximum absolute atomic E-state index is 5.90. The summed E-state index contributed by atoms with van der Waals surface area (Å²) in [7, 11) is 1.98. The summed E-state index contributed by atoms with van der Waals surface area (Å²) in [4.78, 5) is 0. The van der Waals surface area contributed by atoms with Gasteiger partial charge in [0.25, 0.3) is 0 Å². The predicted molar refractivity (Wildman–Crippen MR) is 78.2 cm³/mol. The largest absolute Gasteiger partial charge is 0.493 e. The van der Waals surface area contributed by atoms with Gasteiger partial charge in [-0.3, -0.25) is 5.43 Å². The van der Waals surface area contributed by atoms with Crippen LogP contribution in [0.3, 0.4) is 0 Å². The molecule has 1 aromatic rings. The molecule has 0 saturated carbocycles. The molecule has 0 aromatic heterocycles. The summed E-state index contributed by atoms with van der Waals surface area (Å²) in [5.41, 5.74) is 7.96. The Morgan fingerprint density at radius 1 is 1.32 bits per heavy atom. The van der Waals surface area contributed by atoms with Crippen LogP contribution in [0.5, 0.6) is 5.75 Å². The first-order valence-corrected chi connectivity index (χ1v) is 7.22. The first kappa shape index (κ1) is 14.3. The summed E-state index contributed by atoms with van der Waals surface area (Å²) in [6.07, 6.45) is 3.34. The summed E-state index contributed by atoms with van der Waals surface area (Å²) in [6.45, 7) is 3.95. The minimum atomic E-state index is 0.330. The van der Waals surface area contributed by atoms with Crippen LogP contribution in [-0.4, -0.2) is 26.2 Å². The van der Waals surface area contributed by atoms with Crippen LogP contribution in [-0.2, 0) is 0 Å². The maximum Gasteiger partial charge on any atom is 0.124 e. The second-order valence-electron chi connectivity index (χ2n) is 5.07. The molecular formula is C15H25N3O. The Hall–Kier alpha value is -1.10. The summed E-state index contributed by atoms with van der Waals surface area (Å²) in [5, 5.41) is 3.20. The molecule has 1 heterocycles. The molecule has 106 valence electrons. The Bertz CT molecular complexity index is 383. The first-order valence-electron chi connectivity index (χ1n) is 7.22. The topological polar surface area (TPSA) is 45.3 Å². The standard InChI is InChI=1S/C15H25N3O/c1-3-4-9-19-15-8-6-5-7-13(15)14-10-12(11-16-2)17-18-14/h5-8,12,14,16-18H,3-4,9-11H2,1-2H3. The van der Waals surface area contributed by atoms with Crippen LogP contribution in [0.1, 0.15) is 37.8 Å². The molecule has 2 atom stereocenters. The van der Waals surface area contributed by atoms with Gasteiger partial charge in [-0.05, 0) is 26.0 Å². The van der Waals surface area contributed by atoms with Gasteiger partial charge < -0.3 is 10.1 Å². The van der Waals surface area contributed by atoms with Gasteiger partial charge in [0, 0.05) is 18.2 Å². The van der Waals surface area contributed by atoms with Crippen molar-refractivity contribution in [1.29, 1.82) is 0 Å². The zero-order valence-electron chi connectivity index (χ0n) is 11.9. The van der Waals surface area contributed by atoms with Crippen molar-refractivity contribution >= 4 is 0 Å². The zero-order chi connectivity index (χ0) is 13.5. The molecule has 2 unspecified atom stereocenters. The number of para-hydroxylation sites is 1. The number of benzene rings is 1. The van der Waals surface area contributed by atoms with Crippen molar-refractivity contribution in [2.75, 3.05) is 20.2 Å². The Kier molecular flexibility index (Phi) is 5.63. The monoisotopic (exact) mass is 263 g/mol. The molecule has 0 spiro atoms. The van der Waals surface area contributed by atoms with E-state index in [1.165, 1.54) is 5.56 Å². The Balaban J connectivity index is 1.99. The fourth-order valence-corrected chi connectivity index (χ4v) is 2.43. The van der Waals surface area contributed by atoms with Crippen LogP contribution in [0.25, 0.3) is 0 Å². The quantitative estimate of drug-likeness (QED) is 0.658. The number of likely N-dealkylation sites (N-methyl/N-ethyl adjacent to an activating group) is 1. The smallest absolute Gasteiger partial charge is 0.124 e. The fraction of sp³-hybridized carbons (Fsp3) is 0.600. The molecule has 1 aliphatic rings. The van der Waals surface area contributed by atoms with Crippen LogP contribution in [0, 0.1) is 0 Å². The maximum atomic E-state index is 5.90. The van der Waals surface area contributed by atoms with Crippen molar-refractivity contribution in [2.45, 2.75) is 38.3 Å². The van der Waals surface area contributed by atoms with Gasteiger partial charge in [-0.25, -0.2) is 5.43 Å². The van der Waals surface area contributed by atoms with Crippen LogP contribution in [0.4, 0.5) is 0 Å². The van der Waals surface area contributed by atoms with E-state index in [4.69, 9.17) is 4.74 Å². The molecule has 19 heavy (non-hydrogen) atoms. The number of nitrogens with one attached hydrogen (secondary N) is 3. The molecule has 1 aromatic carbocycles. The Morgan fingerprint density at radius 2 is 2.16 bits per heavy atom. The lowest BCUT2D eigenvalue weighted by Gasteiger charge is -2.16. The average molecular weight is 263 g/mol. The van der Waals surface area contributed by atoms with Crippen molar-refractivity contribution in [1.82, 2.24) is 16.2 Å². The molecule has 2 rings (SSSR count). The summed E-state index contributed by atoms with van der Waals surface area (Å²) < 4.78 is 5.90. The number of hydrogen-bond donors (Lipinski definition) is 3. The van der Waals surface area contributed by atoms with E-state index in [0.717, 1.165) is 38.2 Å². The lowest BCUT2D eigenvalue weighted by molar-refractivity contribution is 0.303. The number of hydrogen-bond acceptors (Lipinski definition) is 4.